The number of aliphatic imine (C=N–C) groups is 1. The van der Waals surface area contributed by atoms with Gasteiger partial charge in [0.15, 0.2) is 5.76 Å². The van der Waals surface area contributed by atoms with Crippen molar-refractivity contribution in [2.45, 2.75) is 38.3 Å². The molecule has 37 heavy (non-hydrogen) atoms. The first-order chi connectivity index (χ1) is 18.0. The highest BCUT2D eigenvalue weighted by atomic mass is 16.5. The molecule has 0 radical (unpaired) electrons. The largest absolute Gasteiger partial charge is 0.489 e. The normalized spacial score (nSPS) is 18.2. The highest BCUT2D eigenvalue weighted by Gasteiger charge is 2.33. The van der Waals surface area contributed by atoms with Gasteiger partial charge in [-0.15, -0.1) is 0 Å². The summed E-state index contributed by atoms with van der Waals surface area (Å²) in [6.45, 7) is 3.96. The van der Waals surface area contributed by atoms with Gasteiger partial charge in [-0.25, -0.2) is 4.79 Å². The van der Waals surface area contributed by atoms with Gasteiger partial charge >= 0.3 is 6.03 Å². The number of likely N-dealkylation sites (tertiary alicyclic amines) is 1. The molecule has 1 saturated carbocycles. The molecular formula is C27H33N5O5. The zero-order chi connectivity index (χ0) is 25.9. The lowest BCUT2D eigenvalue weighted by molar-refractivity contribution is -0.0192. The summed E-state index contributed by atoms with van der Waals surface area (Å²) in [6.07, 6.45) is 8.40. The maximum Gasteiger partial charge on any atom is 0.322 e. The molecule has 0 bridgehead atoms. The zero-order valence-electron chi connectivity index (χ0n) is 21.5. The van der Waals surface area contributed by atoms with Crippen molar-refractivity contribution in [3.05, 3.63) is 47.3 Å². The average Bonchev–Trinajstić information content (AvgIpc) is 3.23. The summed E-state index contributed by atoms with van der Waals surface area (Å²) in [7, 11) is 3.33. The molecule has 3 aliphatic rings. The quantitative estimate of drug-likeness (QED) is 0.441. The molecule has 1 saturated heterocycles. The van der Waals surface area contributed by atoms with Gasteiger partial charge in [-0.2, -0.15) is 0 Å². The molecule has 0 spiro atoms. The van der Waals surface area contributed by atoms with E-state index in [1.807, 2.05) is 19.1 Å². The maximum absolute atomic E-state index is 13.0. The van der Waals surface area contributed by atoms with Crippen molar-refractivity contribution in [3.63, 3.8) is 0 Å². The molecule has 10 nitrogen and oxygen atoms in total. The molecule has 2 aliphatic heterocycles. The second kappa shape index (κ2) is 10.7. The number of nitrogens with zero attached hydrogens (tertiary/aromatic N) is 3. The number of urea groups is 1. The van der Waals surface area contributed by atoms with Crippen LogP contribution in [0, 0.1) is 6.92 Å². The van der Waals surface area contributed by atoms with E-state index in [1.54, 1.807) is 48.5 Å². The van der Waals surface area contributed by atoms with Gasteiger partial charge in [0.1, 0.15) is 18.1 Å². The fourth-order valence-electron chi connectivity index (χ4n) is 4.61. The summed E-state index contributed by atoms with van der Waals surface area (Å²) < 4.78 is 17.4. The summed E-state index contributed by atoms with van der Waals surface area (Å²) in [5.74, 6) is 1.60. The summed E-state index contributed by atoms with van der Waals surface area (Å²) >= 11 is 0. The lowest BCUT2D eigenvalue weighted by Gasteiger charge is -2.38. The fraction of sp³-hybridized carbons (Fsp3) is 0.444. The van der Waals surface area contributed by atoms with Crippen molar-refractivity contribution >= 4 is 29.6 Å². The number of rotatable bonds is 7. The molecule has 2 N–H and O–H groups in total. The highest BCUT2D eigenvalue weighted by molar-refractivity contribution is 5.98. The first kappa shape index (κ1) is 24.9. The second-order valence-electron chi connectivity index (χ2n) is 9.52. The number of carbonyl (C=O) groups is 2. The molecule has 1 aromatic heterocycles. The van der Waals surface area contributed by atoms with Gasteiger partial charge in [-0.05, 0) is 43.9 Å². The van der Waals surface area contributed by atoms with Crippen LogP contribution in [0.4, 0.5) is 10.5 Å². The third-order valence-corrected chi connectivity index (χ3v) is 7.16. The number of aromatic nitrogens is 1. The lowest BCUT2D eigenvalue weighted by atomic mass is 9.93. The van der Waals surface area contributed by atoms with Crippen molar-refractivity contribution in [2.24, 2.45) is 4.99 Å². The smallest absolute Gasteiger partial charge is 0.322 e. The molecule has 1 aliphatic carbocycles. The van der Waals surface area contributed by atoms with Crippen LogP contribution < -0.4 is 19.7 Å². The van der Waals surface area contributed by atoms with E-state index >= 15 is 0 Å². The summed E-state index contributed by atoms with van der Waals surface area (Å²) in [4.78, 5) is 36.5. The topological polar surface area (TPSA) is 108 Å². The number of aromatic amines is 1. The molecule has 0 atom stereocenters. The molecule has 3 heterocycles. The Morgan fingerprint density at radius 1 is 1.27 bits per heavy atom. The Bertz CT molecular complexity index is 1230. The van der Waals surface area contributed by atoms with Crippen molar-refractivity contribution in [3.8, 4) is 11.5 Å². The minimum atomic E-state index is -0.0964. The Hall–Kier alpha value is -3.79. The predicted molar refractivity (Wildman–Crippen MR) is 141 cm³/mol. The van der Waals surface area contributed by atoms with Crippen LogP contribution in [0.25, 0.3) is 5.76 Å². The number of fused-ring (bicyclic) bond motifs is 1. The summed E-state index contributed by atoms with van der Waals surface area (Å²) in [5.41, 5.74) is 2.78. The van der Waals surface area contributed by atoms with Crippen LogP contribution in [0.5, 0.6) is 11.5 Å². The van der Waals surface area contributed by atoms with E-state index < -0.39 is 0 Å². The van der Waals surface area contributed by atoms with Gasteiger partial charge in [0.05, 0.1) is 29.6 Å². The van der Waals surface area contributed by atoms with Gasteiger partial charge < -0.3 is 29.4 Å². The summed E-state index contributed by atoms with van der Waals surface area (Å²) in [6, 6.07) is 5.59. The second-order valence-corrected chi connectivity index (χ2v) is 9.52. The molecule has 1 aromatic carbocycles. The van der Waals surface area contributed by atoms with Crippen molar-refractivity contribution in [1.29, 1.82) is 0 Å². The maximum atomic E-state index is 13.0. The van der Waals surface area contributed by atoms with Crippen LogP contribution in [0.2, 0.25) is 0 Å². The molecule has 5 rings (SSSR count). The van der Waals surface area contributed by atoms with Gasteiger partial charge in [-0.3, -0.25) is 14.7 Å². The Labute approximate surface area is 216 Å². The predicted octanol–water partition coefficient (Wildman–Crippen LogP) is 3.38. The van der Waals surface area contributed by atoms with Crippen LogP contribution in [0.1, 0.15) is 40.9 Å². The molecule has 0 unspecified atom stereocenters. The number of carbonyl (C=O) groups excluding carboxylic acids is 2. The highest BCUT2D eigenvalue weighted by Crippen LogP contribution is 2.37. The molecular weight excluding hydrogens is 474 g/mol. The third kappa shape index (κ3) is 5.06. The minimum absolute atomic E-state index is 0.0424. The number of allylic oxidation sites excluding steroid dienone is 1. The minimum Gasteiger partial charge on any atom is -0.489 e. The molecule has 2 aromatic rings. The van der Waals surface area contributed by atoms with Crippen LogP contribution in [-0.4, -0.2) is 80.6 Å². The van der Waals surface area contributed by atoms with Gasteiger partial charge in [0.25, 0.3) is 5.91 Å². The SMILES string of the molecule is CN=C/C=C(/Oc1ccc2c(c1)OCCN2C(=O)NC1CCC1)c1[nH]cc(C(=O)N2CC(OC)C2)c1C. The number of methoxy groups -OCH3 is 1. The van der Waals surface area contributed by atoms with E-state index in [1.165, 1.54) is 0 Å². The Morgan fingerprint density at radius 3 is 2.78 bits per heavy atom. The van der Waals surface area contributed by atoms with E-state index in [4.69, 9.17) is 14.2 Å². The Kier molecular flexibility index (Phi) is 7.18. The fourth-order valence-corrected chi connectivity index (χ4v) is 4.61. The van der Waals surface area contributed by atoms with Crippen molar-refractivity contribution < 1.29 is 23.8 Å². The van der Waals surface area contributed by atoms with Crippen molar-refractivity contribution in [2.75, 3.05) is 45.3 Å². The van der Waals surface area contributed by atoms with Crippen LogP contribution in [-0.2, 0) is 4.74 Å². The first-order valence-corrected chi connectivity index (χ1v) is 12.6. The van der Waals surface area contributed by atoms with E-state index in [9.17, 15) is 9.59 Å². The number of anilines is 1. The molecule has 2 fully saturated rings. The van der Waals surface area contributed by atoms with Crippen LogP contribution in [0.15, 0.2) is 35.5 Å². The molecule has 3 amide bonds. The van der Waals surface area contributed by atoms with E-state index in [2.05, 4.69) is 15.3 Å². The number of benzene rings is 1. The Balaban J connectivity index is 1.34. The lowest BCUT2D eigenvalue weighted by Crippen LogP contribution is -2.54. The van der Waals surface area contributed by atoms with Gasteiger partial charge in [0, 0.05) is 57.8 Å². The number of ether oxygens (including phenoxy) is 3. The van der Waals surface area contributed by atoms with Gasteiger partial charge in [0.2, 0.25) is 0 Å². The molecule has 196 valence electrons. The van der Waals surface area contributed by atoms with E-state index in [0.29, 0.717) is 60.4 Å². The molecule has 10 heteroatoms. The zero-order valence-corrected chi connectivity index (χ0v) is 21.5. The number of H-pyrrole nitrogens is 1. The average molecular weight is 508 g/mol. The number of hydrogen-bond donors (Lipinski definition) is 2. The number of nitrogens with one attached hydrogen (secondary N) is 2. The van der Waals surface area contributed by atoms with E-state index in [0.717, 1.165) is 24.8 Å². The number of hydrogen-bond acceptors (Lipinski definition) is 6. The summed E-state index contributed by atoms with van der Waals surface area (Å²) in [5, 5.41) is 3.09. The third-order valence-electron chi connectivity index (χ3n) is 7.16. The van der Waals surface area contributed by atoms with Crippen LogP contribution >= 0.6 is 0 Å². The van der Waals surface area contributed by atoms with Gasteiger partial charge in [-0.1, -0.05) is 0 Å². The van der Waals surface area contributed by atoms with E-state index in [-0.39, 0.29) is 24.1 Å². The number of amides is 3. The first-order valence-electron chi connectivity index (χ1n) is 12.6. The van der Waals surface area contributed by atoms with Crippen LogP contribution in [0.3, 0.4) is 0 Å². The Morgan fingerprint density at radius 2 is 2.08 bits per heavy atom. The van der Waals surface area contributed by atoms with Crippen molar-refractivity contribution in [1.82, 2.24) is 15.2 Å². The standard InChI is InChI=1S/C27H33N5O5/c1-17-21(26(33)31-15-20(16-31)35-3)14-29-25(17)23(9-10-28-2)37-19-7-8-22-24(13-19)36-12-11-32(22)27(34)30-18-5-4-6-18/h7-10,13-14,18,20,29H,4-6,11-12,15-16H2,1-3H3,(H,30,34)/b23-9+,28-10?. The monoisotopic (exact) mass is 507 g/mol.